The number of allylic oxidation sites excluding steroid dienone is 1. The van der Waals surface area contributed by atoms with Crippen LogP contribution in [0.2, 0.25) is 0 Å². The lowest BCUT2D eigenvalue weighted by Gasteiger charge is -2.15. The van der Waals surface area contributed by atoms with Crippen LogP contribution in [-0.2, 0) is 17.6 Å². The van der Waals surface area contributed by atoms with Crippen LogP contribution in [0.3, 0.4) is 0 Å². The summed E-state index contributed by atoms with van der Waals surface area (Å²) in [5.74, 6) is 1.24. The van der Waals surface area contributed by atoms with Gasteiger partial charge in [-0.1, -0.05) is 42.5 Å². The predicted octanol–water partition coefficient (Wildman–Crippen LogP) is 5.58. The number of hydrogen-bond donors (Lipinski definition) is 1. The second-order valence-corrected chi connectivity index (χ2v) is 7.76. The van der Waals surface area contributed by atoms with Gasteiger partial charge in [0.2, 0.25) is 5.89 Å². The molecule has 0 radical (unpaired) electrons. The predicted molar refractivity (Wildman–Crippen MR) is 127 cm³/mol. The maximum Gasteiger partial charge on any atom is 0.327 e. The molecule has 2 aromatic carbocycles. The molecular weight excluding hydrogens is 416 g/mol. The number of aromatic nitrogens is 2. The van der Waals surface area contributed by atoms with Crippen LogP contribution < -0.4 is 4.74 Å². The molecule has 4 aromatic rings. The summed E-state index contributed by atoms with van der Waals surface area (Å²) >= 11 is 0. The molecule has 0 aliphatic carbocycles. The van der Waals surface area contributed by atoms with E-state index in [-0.39, 0.29) is 0 Å². The van der Waals surface area contributed by atoms with Crippen molar-refractivity contribution in [3.8, 4) is 17.2 Å². The number of aryl methyl sites for hydroxylation is 1. The van der Waals surface area contributed by atoms with E-state index in [4.69, 9.17) is 9.15 Å². The lowest BCUT2D eigenvalue weighted by molar-refractivity contribution is -0.140. The molecule has 0 saturated heterocycles. The molecule has 33 heavy (non-hydrogen) atoms. The van der Waals surface area contributed by atoms with E-state index in [9.17, 15) is 9.90 Å². The first-order valence-electron chi connectivity index (χ1n) is 10.8. The van der Waals surface area contributed by atoms with Gasteiger partial charge in [0.15, 0.2) is 0 Å². The zero-order valence-corrected chi connectivity index (χ0v) is 18.6. The summed E-state index contributed by atoms with van der Waals surface area (Å²) in [6.07, 6.45) is 8.54. The number of carboxylic acids is 1. The normalized spacial score (nSPS) is 12.2. The smallest absolute Gasteiger partial charge is 0.327 e. The van der Waals surface area contributed by atoms with Gasteiger partial charge >= 0.3 is 5.97 Å². The quantitative estimate of drug-likeness (QED) is 0.366. The molecule has 0 aliphatic heterocycles. The molecule has 1 atom stereocenters. The third kappa shape index (κ3) is 5.23. The molecule has 2 aromatic heterocycles. The fourth-order valence-electron chi connectivity index (χ4n) is 3.74. The second kappa shape index (κ2) is 10.0. The lowest BCUT2D eigenvalue weighted by Crippen LogP contribution is -2.20. The molecule has 0 aliphatic rings. The Morgan fingerprint density at radius 1 is 1.15 bits per heavy atom. The van der Waals surface area contributed by atoms with E-state index >= 15 is 0 Å². The fourth-order valence-corrected chi connectivity index (χ4v) is 3.74. The van der Waals surface area contributed by atoms with Gasteiger partial charge in [-0.05, 0) is 42.8 Å². The van der Waals surface area contributed by atoms with Crippen molar-refractivity contribution in [1.29, 1.82) is 0 Å². The number of methoxy groups -OCH3 is 1. The van der Waals surface area contributed by atoms with Gasteiger partial charge in [-0.3, -0.25) is 0 Å². The SMILES string of the molecule is COc1cc(C[C@@H](C(=O)O)n2cccc2)ccc1/C=C/Cc1nc(-c2ccccc2)oc1C. The summed E-state index contributed by atoms with van der Waals surface area (Å²) in [6, 6.07) is 18.6. The zero-order valence-electron chi connectivity index (χ0n) is 18.6. The van der Waals surface area contributed by atoms with Gasteiger partial charge in [0.1, 0.15) is 17.6 Å². The van der Waals surface area contributed by atoms with E-state index in [2.05, 4.69) is 4.98 Å². The maximum atomic E-state index is 11.7. The Morgan fingerprint density at radius 2 is 1.91 bits per heavy atom. The highest BCUT2D eigenvalue weighted by molar-refractivity contribution is 5.72. The minimum Gasteiger partial charge on any atom is -0.496 e. The minimum atomic E-state index is -0.869. The Kier molecular flexibility index (Phi) is 6.74. The first-order valence-corrected chi connectivity index (χ1v) is 10.8. The van der Waals surface area contributed by atoms with Gasteiger partial charge in [-0.15, -0.1) is 0 Å². The third-order valence-electron chi connectivity index (χ3n) is 5.52. The van der Waals surface area contributed by atoms with Gasteiger partial charge in [0, 0.05) is 36.4 Å². The fraction of sp³-hybridized carbons (Fsp3) is 0.185. The lowest BCUT2D eigenvalue weighted by atomic mass is 10.0. The Morgan fingerprint density at radius 3 is 2.61 bits per heavy atom. The number of benzene rings is 2. The van der Waals surface area contributed by atoms with Crippen molar-refractivity contribution < 1.29 is 19.1 Å². The van der Waals surface area contributed by atoms with Crippen LogP contribution in [0.4, 0.5) is 0 Å². The van der Waals surface area contributed by atoms with Gasteiger partial charge in [0.05, 0.1) is 12.8 Å². The highest BCUT2D eigenvalue weighted by Crippen LogP contribution is 2.26. The van der Waals surface area contributed by atoms with Gasteiger partial charge in [0.25, 0.3) is 0 Å². The van der Waals surface area contributed by atoms with Crippen LogP contribution in [0.15, 0.2) is 83.6 Å². The topological polar surface area (TPSA) is 77.5 Å². The Labute approximate surface area is 192 Å². The van der Waals surface area contributed by atoms with E-state index < -0.39 is 12.0 Å². The minimum absolute atomic E-state index is 0.366. The van der Waals surface area contributed by atoms with Crippen molar-refractivity contribution in [2.45, 2.75) is 25.8 Å². The van der Waals surface area contributed by atoms with Crippen LogP contribution in [0.1, 0.15) is 28.6 Å². The number of ether oxygens (including phenoxy) is 1. The largest absolute Gasteiger partial charge is 0.496 e. The third-order valence-corrected chi connectivity index (χ3v) is 5.52. The standard InChI is InChI=1S/C27H26N2O4/c1-19-23(28-26(33-19)22-9-4-3-5-10-22)12-8-11-21-14-13-20(18-25(21)32-2)17-24(27(30)31)29-15-6-7-16-29/h3-11,13-16,18,24H,12,17H2,1-2H3,(H,30,31)/b11-8+/t24-/m0/s1. The second-order valence-electron chi connectivity index (χ2n) is 7.76. The number of nitrogens with zero attached hydrogens (tertiary/aromatic N) is 2. The van der Waals surface area contributed by atoms with Crippen LogP contribution in [0.5, 0.6) is 5.75 Å². The monoisotopic (exact) mass is 442 g/mol. The highest BCUT2D eigenvalue weighted by Gasteiger charge is 2.19. The summed E-state index contributed by atoms with van der Waals surface area (Å²) in [6.45, 7) is 1.92. The van der Waals surface area contributed by atoms with Gasteiger partial charge in [-0.25, -0.2) is 9.78 Å². The van der Waals surface area contributed by atoms with Crippen LogP contribution >= 0.6 is 0 Å². The molecule has 1 N–H and O–H groups in total. The summed E-state index contributed by atoms with van der Waals surface area (Å²) in [5.41, 5.74) is 3.65. The summed E-state index contributed by atoms with van der Waals surface area (Å²) in [5, 5.41) is 9.63. The molecule has 0 fully saturated rings. The number of rotatable bonds is 9. The Balaban J connectivity index is 1.47. The molecule has 0 saturated carbocycles. The number of aliphatic carboxylic acids is 1. The molecule has 6 nitrogen and oxygen atoms in total. The maximum absolute atomic E-state index is 11.7. The zero-order chi connectivity index (χ0) is 23.2. The molecule has 4 rings (SSSR count). The molecule has 168 valence electrons. The van der Waals surface area contributed by atoms with Crippen molar-refractivity contribution in [2.24, 2.45) is 0 Å². The van der Waals surface area contributed by atoms with Crippen molar-refractivity contribution >= 4 is 12.0 Å². The molecule has 0 amide bonds. The average Bonchev–Trinajstić information content (AvgIpc) is 3.48. The first-order chi connectivity index (χ1) is 16.0. The van der Waals surface area contributed by atoms with Crippen molar-refractivity contribution in [3.05, 3.63) is 102 Å². The van der Waals surface area contributed by atoms with E-state index in [1.54, 1.807) is 24.1 Å². The van der Waals surface area contributed by atoms with Crippen molar-refractivity contribution in [2.75, 3.05) is 7.11 Å². The number of carboxylic acid groups (broad SMARTS) is 1. The highest BCUT2D eigenvalue weighted by atomic mass is 16.5. The Hall–Kier alpha value is -4.06. The van der Waals surface area contributed by atoms with Gasteiger partial charge < -0.3 is 18.8 Å². The van der Waals surface area contributed by atoms with E-state index in [0.717, 1.165) is 28.1 Å². The summed E-state index contributed by atoms with van der Waals surface area (Å²) < 4.78 is 13.1. The van der Waals surface area contributed by atoms with Crippen LogP contribution in [0.25, 0.3) is 17.5 Å². The van der Waals surface area contributed by atoms with E-state index in [1.165, 1.54) is 0 Å². The van der Waals surface area contributed by atoms with Crippen LogP contribution in [-0.4, -0.2) is 27.7 Å². The molecule has 0 spiro atoms. The Bertz CT molecular complexity index is 1240. The van der Waals surface area contributed by atoms with Crippen LogP contribution in [0, 0.1) is 6.92 Å². The molecule has 0 unspecified atom stereocenters. The average molecular weight is 443 g/mol. The summed E-state index contributed by atoms with van der Waals surface area (Å²) in [4.78, 5) is 16.4. The molecular formula is C27H26N2O4. The number of hydrogen-bond acceptors (Lipinski definition) is 4. The van der Waals surface area contributed by atoms with E-state index in [1.807, 2.05) is 79.7 Å². The summed E-state index contributed by atoms with van der Waals surface area (Å²) in [7, 11) is 1.62. The molecule has 6 heteroatoms. The van der Waals surface area contributed by atoms with Crippen molar-refractivity contribution in [1.82, 2.24) is 9.55 Å². The van der Waals surface area contributed by atoms with E-state index in [0.29, 0.717) is 24.5 Å². The molecule has 2 heterocycles. The molecule has 0 bridgehead atoms. The number of oxazole rings is 1. The first kappa shape index (κ1) is 22.1. The van der Waals surface area contributed by atoms with Crippen molar-refractivity contribution in [3.63, 3.8) is 0 Å². The van der Waals surface area contributed by atoms with Gasteiger partial charge in [-0.2, -0.15) is 0 Å². The number of carbonyl (C=O) groups is 1.